The summed E-state index contributed by atoms with van der Waals surface area (Å²) < 4.78 is 27.1. The molecule has 3 aromatic rings. The number of amides is 2. The molecular formula is C27H28BrCl2N3O4S. The van der Waals surface area contributed by atoms with Crippen LogP contribution in [0.25, 0.3) is 0 Å². The molecule has 11 heteroatoms. The largest absolute Gasteiger partial charge is 0.355 e. The minimum Gasteiger partial charge on any atom is -0.355 e. The van der Waals surface area contributed by atoms with Gasteiger partial charge in [0.05, 0.1) is 22.0 Å². The van der Waals surface area contributed by atoms with E-state index in [2.05, 4.69) is 21.2 Å². The van der Waals surface area contributed by atoms with Crippen LogP contribution in [0.15, 0.2) is 77.3 Å². The van der Waals surface area contributed by atoms with Crippen LogP contribution in [0.4, 0.5) is 5.69 Å². The van der Waals surface area contributed by atoms with Crippen molar-refractivity contribution in [2.24, 2.45) is 0 Å². The number of halogens is 3. The molecule has 0 radical (unpaired) electrons. The van der Waals surface area contributed by atoms with Crippen LogP contribution in [-0.2, 0) is 32.6 Å². The van der Waals surface area contributed by atoms with Crippen LogP contribution in [0.3, 0.4) is 0 Å². The van der Waals surface area contributed by atoms with Crippen LogP contribution in [0.1, 0.15) is 18.1 Å². The van der Waals surface area contributed by atoms with Gasteiger partial charge in [-0.2, -0.15) is 0 Å². The Kier molecular flexibility index (Phi) is 10.6. The Hall–Kier alpha value is -2.59. The summed E-state index contributed by atoms with van der Waals surface area (Å²) in [6, 6.07) is 20.1. The maximum atomic E-state index is 13.9. The van der Waals surface area contributed by atoms with Gasteiger partial charge in [0.25, 0.3) is 0 Å². The van der Waals surface area contributed by atoms with Gasteiger partial charge in [-0.15, -0.1) is 0 Å². The smallest absolute Gasteiger partial charge is 0.244 e. The predicted octanol–water partition coefficient (Wildman–Crippen LogP) is 5.30. The fourth-order valence-electron chi connectivity index (χ4n) is 3.93. The lowest BCUT2D eigenvalue weighted by molar-refractivity contribution is -0.140. The van der Waals surface area contributed by atoms with Gasteiger partial charge >= 0.3 is 0 Å². The van der Waals surface area contributed by atoms with Crippen molar-refractivity contribution < 1.29 is 18.0 Å². The molecule has 202 valence electrons. The molecule has 7 nitrogen and oxygen atoms in total. The van der Waals surface area contributed by atoms with Gasteiger partial charge in [0.15, 0.2) is 0 Å². The lowest BCUT2D eigenvalue weighted by Crippen LogP contribution is -2.53. The summed E-state index contributed by atoms with van der Waals surface area (Å²) in [7, 11) is -3.85. The van der Waals surface area contributed by atoms with E-state index in [0.717, 1.165) is 16.1 Å². The fraction of sp³-hybridized carbons (Fsp3) is 0.259. The van der Waals surface area contributed by atoms with Crippen molar-refractivity contribution in [2.75, 3.05) is 23.7 Å². The Bertz CT molecular complexity index is 1390. The Labute approximate surface area is 241 Å². The van der Waals surface area contributed by atoms with E-state index >= 15 is 0 Å². The third-order valence-corrected chi connectivity index (χ3v) is 8.30. The predicted molar refractivity (Wildman–Crippen MR) is 156 cm³/mol. The summed E-state index contributed by atoms with van der Waals surface area (Å²) in [5.74, 6) is -0.902. The standard InChI is InChI=1S/C27H28BrCl2N3O4S/c1-3-31-27(35)25(16-19-9-5-4-6-10-19)32(17-20-13-14-22(29)23(30)15-20)26(34)18-33(38(2,36)37)24-12-8-7-11-21(24)28/h4-15,25H,3,16-18H2,1-2H3,(H,31,35)/t25-/m1/s1. The zero-order valence-corrected chi connectivity index (χ0v) is 24.8. The fourth-order valence-corrected chi connectivity index (χ4v) is 5.73. The van der Waals surface area contributed by atoms with E-state index in [0.29, 0.717) is 32.3 Å². The van der Waals surface area contributed by atoms with Crippen LogP contribution < -0.4 is 9.62 Å². The Morgan fingerprint density at radius 2 is 1.61 bits per heavy atom. The zero-order chi connectivity index (χ0) is 27.9. The molecule has 0 aliphatic heterocycles. The van der Waals surface area contributed by atoms with E-state index in [-0.39, 0.29) is 18.9 Å². The molecule has 0 spiro atoms. The molecule has 0 unspecified atom stereocenters. The minimum absolute atomic E-state index is 0.0118. The molecule has 1 atom stereocenters. The van der Waals surface area contributed by atoms with Gasteiger partial charge in [-0.3, -0.25) is 13.9 Å². The molecule has 3 aromatic carbocycles. The highest BCUT2D eigenvalue weighted by Gasteiger charge is 2.33. The second kappa shape index (κ2) is 13.5. The molecule has 0 heterocycles. The van der Waals surface area contributed by atoms with Gasteiger partial charge in [0.1, 0.15) is 12.6 Å². The van der Waals surface area contributed by atoms with Gasteiger partial charge in [-0.1, -0.05) is 71.7 Å². The third-order valence-electron chi connectivity index (χ3n) is 5.76. The number of likely N-dealkylation sites (N-methyl/N-ethyl adjacent to an activating group) is 1. The van der Waals surface area contributed by atoms with Gasteiger partial charge in [-0.25, -0.2) is 8.42 Å². The molecule has 0 aromatic heterocycles. The minimum atomic E-state index is -3.85. The number of carbonyl (C=O) groups excluding carboxylic acids is 2. The second-order valence-corrected chi connectivity index (χ2v) is 12.2. The first kappa shape index (κ1) is 30.0. The zero-order valence-electron chi connectivity index (χ0n) is 20.9. The number of benzene rings is 3. The lowest BCUT2D eigenvalue weighted by Gasteiger charge is -2.33. The van der Waals surface area contributed by atoms with E-state index < -0.39 is 28.5 Å². The molecule has 0 saturated heterocycles. The monoisotopic (exact) mass is 639 g/mol. The van der Waals surface area contributed by atoms with Crippen LogP contribution >= 0.6 is 39.1 Å². The van der Waals surface area contributed by atoms with Crippen molar-refractivity contribution >= 4 is 66.7 Å². The number of nitrogens with zero attached hydrogens (tertiary/aromatic N) is 2. The SMILES string of the molecule is CCNC(=O)[C@@H](Cc1ccccc1)N(Cc1ccc(Cl)c(Cl)c1)C(=O)CN(c1ccccc1Br)S(C)(=O)=O. The van der Waals surface area contributed by atoms with E-state index in [9.17, 15) is 18.0 Å². The van der Waals surface area contributed by atoms with Crippen molar-refractivity contribution in [3.8, 4) is 0 Å². The van der Waals surface area contributed by atoms with E-state index in [1.165, 1.54) is 4.90 Å². The van der Waals surface area contributed by atoms with Gasteiger partial charge in [-0.05, 0) is 58.2 Å². The topological polar surface area (TPSA) is 86.8 Å². The maximum absolute atomic E-state index is 13.9. The summed E-state index contributed by atoms with van der Waals surface area (Å²) in [4.78, 5) is 28.7. The van der Waals surface area contributed by atoms with Crippen molar-refractivity contribution in [3.05, 3.63) is 98.4 Å². The average Bonchev–Trinajstić information content (AvgIpc) is 2.87. The first-order valence-corrected chi connectivity index (χ1v) is 15.2. The van der Waals surface area contributed by atoms with Crippen LogP contribution in [0, 0.1) is 0 Å². The Morgan fingerprint density at radius 1 is 0.947 bits per heavy atom. The maximum Gasteiger partial charge on any atom is 0.244 e. The number of carbonyl (C=O) groups is 2. The molecule has 1 N–H and O–H groups in total. The first-order chi connectivity index (χ1) is 18.0. The lowest BCUT2D eigenvalue weighted by atomic mass is 10.0. The van der Waals surface area contributed by atoms with Gasteiger partial charge in [0, 0.05) is 24.0 Å². The van der Waals surface area contributed by atoms with E-state index in [1.807, 2.05) is 30.3 Å². The van der Waals surface area contributed by atoms with Crippen LogP contribution in [0.2, 0.25) is 10.0 Å². The summed E-state index contributed by atoms with van der Waals surface area (Å²) in [5.41, 5.74) is 1.80. The summed E-state index contributed by atoms with van der Waals surface area (Å²) in [6.07, 6.45) is 1.27. The van der Waals surface area contributed by atoms with Crippen molar-refractivity contribution in [1.82, 2.24) is 10.2 Å². The quantitative estimate of drug-likeness (QED) is 0.308. The molecule has 3 rings (SSSR count). The highest BCUT2D eigenvalue weighted by atomic mass is 79.9. The number of anilines is 1. The summed E-state index contributed by atoms with van der Waals surface area (Å²) >= 11 is 15.7. The van der Waals surface area contributed by atoms with E-state index in [4.69, 9.17) is 23.2 Å². The van der Waals surface area contributed by atoms with Crippen molar-refractivity contribution in [1.29, 1.82) is 0 Å². The number of nitrogens with one attached hydrogen (secondary N) is 1. The number of rotatable bonds is 11. The normalized spacial score (nSPS) is 12.0. The Balaban J connectivity index is 2.07. The van der Waals surface area contributed by atoms with Gasteiger partial charge < -0.3 is 10.2 Å². The second-order valence-electron chi connectivity index (χ2n) is 8.59. The number of sulfonamides is 1. The van der Waals surface area contributed by atoms with Crippen LogP contribution in [-0.4, -0.2) is 50.5 Å². The summed E-state index contributed by atoms with van der Waals surface area (Å²) in [6.45, 7) is 1.66. The summed E-state index contributed by atoms with van der Waals surface area (Å²) in [5, 5.41) is 3.47. The van der Waals surface area contributed by atoms with Crippen LogP contribution in [0.5, 0.6) is 0 Å². The molecule has 38 heavy (non-hydrogen) atoms. The molecule has 0 bridgehead atoms. The number of hydrogen-bond donors (Lipinski definition) is 1. The molecule has 0 aliphatic carbocycles. The molecular weight excluding hydrogens is 613 g/mol. The number of para-hydroxylation sites is 1. The first-order valence-electron chi connectivity index (χ1n) is 11.8. The Morgan fingerprint density at radius 3 is 2.21 bits per heavy atom. The highest BCUT2D eigenvalue weighted by molar-refractivity contribution is 9.10. The van der Waals surface area contributed by atoms with Crippen molar-refractivity contribution in [3.63, 3.8) is 0 Å². The average molecular weight is 641 g/mol. The van der Waals surface area contributed by atoms with Crippen molar-refractivity contribution in [2.45, 2.75) is 25.9 Å². The molecule has 0 aliphatic rings. The molecule has 2 amide bonds. The molecule has 0 fully saturated rings. The number of hydrogen-bond acceptors (Lipinski definition) is 4. The third kappa shape index (κ3) is 7.96. The molecule has 0 saturated carbocycles. The van der Waals surface area contributed by atoms with E-state index in [1.54, 1.807) is 49.4 Å². The highest BCUT2D eigenvalue weighted by Crippen LogP contribution is 2.29. The van der Waals surface area contributed by atoms with Gasteiger partial charge in [0.2, 0.25) is 21.8 Å².